The molecule has 1 atom stereocenters. The number of anilines is 1. The lowest BCUT2D eigenvalue weighted by molar-refractivity contribution is -0.0615. The predicted molar refractivity (Wildman–Crippen MR) is 82.5 cm³/mol. The molecule has 1 aliphatic rings. The molecule has 1 aromatic carbocycles. The van der Waals surface area contributed by atoms with Crippen molar-refractivity contribution in [2.24, 2.45) is 0 Å². The smallest absolute Gasteiger partial charge is 0.257 e. The van der Waals surface area contributed by atoms with Crippen LogP contribution in [-0.2, 0) is 4.74 Å². The van der Waals surface area contributed by atoms with Crippen molar-refractivity contribution in [1.82, 2.24) is 5.32 Å². The molecule has 0 saturated carbocycles. The third kappa shape index (κ3) is 3.88. The normalized spacial score (nSPS) is 20.8. The van der Waals surface area contributed by atoms with Gasteiger partial charge in [-0.05, 0) is 45.7 Å². The van der Waals surface area contributed by atoms with E-state index in [2.05, 4.69) is 5.32 Å². The van der Waals surface area contributed by atoms with Crippen LogP contribution in [0.3, 0.4) is 0 Å². The van der Waals surface area contributed by atoms with Gasteiger partial charge < -0.3 is 20.5 Å². The second-order valence-corrected chi connectivity index (χ2v) is 5.92. The monoisotopic (exact) mass is 292 g/mol. The van der Waals surface area contributed by atoms with Gasteiger partial charge in [-0.1, -0.05) is 6.07 Å². The first-order valence-electron chi connectivity index (χ1n) is 7.39. The Balaban J connectivity index is 2.13. The molecule has 1 unspecified atom stereocenters. The molecule has 21 heavy (non-hydrogen) atoms. The van der Waals surface area contributed by atoms with E-state index in [0.29, 0.717) is 30.2 Å². The summed E-state index contributed by atoms with van der Waals surface area (Å²) in [5.74, 6) is 0.348. The van der Waals surface area contributed by atoms with Crippen LogP contribution in [0.4, 0.5) is 5.69 Å². The van der Waals surface area contributed by atoms with Crippen LogP contribution in [0.5, 0.6) is 5.75 Å². The molecule has 0 radical (unpaired) electrons. The first-order chi connectivity index (χ1) is 9.93. The number of nitrogens with one attached hydrogen (secondary N) is 1. The van der Waals surface area contributed by atoms with Gasteiger partial charge in [-0.15, -0.1) is 0 Å². The van der Waals surface area contributed by atoms with E-state index in [4.69, 9.17) is 15.2 Å². The molecule has 1 saturated heterocycles. The molecule has 5 nitrogen and oxygen atoms in total. The topological polar surface area (TPSA) is 73.6 Å². The Kier molecular flexibility index (Phi) is 4.73. The quantitative estimate of drug-likeness (QED) is 0.835. The van der Waals surface area contributed by atoms with E-state index in [1.54, 1.807) is 18.2 Å². The summed E-state index contributed by atoms with van der Waals surface area (Å²) in [6.45, 7) is 7.10. The molecule has 0 bridgehead atoms. The van der Waals surface area contributed by atoms with Crippen LogP contribution in [0, 0.1) is 0 Å². The zero-order chi connectivity index (χ0) is 15.5. The van der Waals surface area contributed by atoms with Crippen LogP contribution >= 0.6 is 0 Å². The van der Waals surface area contributed by atoms with Crippen molar-refractivity contribution in [3.8, 4) is 5.75 Å². The molecule has 5 heteroatoms. The van der Waals surface area contributed by atoms with Gasteiger partial charge in [0.15, 0.2) is 0 Å². The van der Waals surface area contributed by atoms with Crippen molar-refractivity contribution >= 4 is 11.6 Å². The molecule has 116 valence electrons. The van der Waals surface area contributed by atoms with Gasteiger partial charge in [0.05, 0.1) is 12.2 Å². The summed E-state index contributed by atoms with van der Waals surface area (Å²) < 4.78 is 11.2. The molecule has 3 N–H and O–H groups in total. The molecular weight excluding hydrogens is 268 g/mol. The molecule has 1 amide bonds. The highest BCUT2D eigenvalue weighted by molar-refractivity contribution is 6.02. The fourth-order valence-corrected chi connectivity index (χ4v) is 2.68. The third-order valence-corrected chi connectivity index (χ3v) is 3.62. The molecule has 0 spiro atoms. The number of nitrogens with two attached hydrogens (primary N) is 1. The van der Waals surface area contributed by atoms with Crippen LogP contribution in [-0.4, -0.2) is 30.8 Å². The van der Waals surface area contributed by atoms with Gasteiger partial charge in [0.25, 0.3) is 5.91 Å². The molecular formula is C16H24N2O3. The van der Waals surface area contributed by atoms with Crippen molar-refractivity contribution < 1.29 is 14.3 Å². The minimum absolute atomic E-state index is 0.0929. The second-order valence-electron chi connectivity index (χ2n) is 5.92. The largest absolute Gasteiger partial charge is 0.493 e. The summed E-state index contributed by atoms with van der Waals surface area (Å²) in [5, 5.41) is 3.05. The Bertz CT molecular complexity index is 514. The van der Waals surface area contributed by atoms with Gasteiger partial charge in [0, 0.05) is 18.3 Å². The number of ether oxygens (including phenoxy) is 2. The maximum absolute atomic E-state index is 12.5. The number of rotatable bonds is 4. The molecule has 1 aliphatic heterocycles. The van der Waals surface area contributed by atoms with E-state index in [1.807, 2.05) is 20.8 Å². The molecule has 1 aromatic rings. The summed E-state index contributed by atoms with van der Waals surface area (Å²) in [5.41, 5.74) is 6.59. The van der Waals surface area contributed by atoms with Crippen LogP contribution in [0.25, 0.3) is 0 Å². The van der Waals surface area contributed by atoms with E-state index in [1.165, 1.54) is 0 Å². The minimum Gasteiger partial charge on any atom is -0.493 e. The average Bonchev–Trinajstić information content (AvgIpc) is 2.37. The first-order valence-corrected chi connectivity index (χ1v) is 7.39. The van der Waals surface area contributed by atoms with E-state index in [0.717, 1.165) is 12.8 Å². The van der Waals surface area contributed by atoms with Crippen LogP contribution in [0.15, 0.2) is 18.2 Å². The molecule has 1 fully saturated rings. The number of carbonyl (C=O) groups is 1. The van der Waals surface area contributed by atoms with Crippen LogP contribution in [0.1, 0.15) is 44.0 Å². The maximum atomic E-state index is 12.5. The fourth-order valence-electron chi connectivity index (χ4n) is 2.68. The Morgan fingerprint density at radius 1 is 1.52 bits per heavy atom. The van der Waals surface area contributed by atoms with Crippen LogP contribution < -0.4 is 15.8 Å². The van der Waals surface area contributed by atoms with E-state index >= 15 is 0 Å². The highest BCUT2D eigenvalue weighted by Crippen LogP contribution is 2.27. The zero-order valence-electron chi connectivity index (χ0n) is 12.9. The highest BCUT2D eigenvalue weighted by Gasteiger charge is 2.30. The number of hydrogen-bond donors (Lipinski definition) is 2. The Morgan fingerprint density at radius 2 is 2.29 bits per heavy atom. The van der Waals surface area contributed by atoms with Crippen LogP contribution in [0.2, 0.25) is 0 Å². The standard InChI is InChI=1S/C16H24N2O3/c1-4-20-13-7-5-6-12(17)14(13)15(19)18-11-8-9-21-16(2,3)10-11/h5-7,11H,4,8-10,17H2,1-3H3,(H,18,19). The number of nitrogen functional groups attached to an aromatic ring is 1. The SMILES string of the molecule is CCOc1cccc(N)c1C(=O)NC1CCOC(C)(C)C1. The highest BCUT2D eigenvalue weighted by atomic mass is 16.5. The van der Waals surface area contributed by atoms with E-state index in [-0.39, 0.29) is 17.6 Å². The van der Waals surface area contributed by atoms with Gasteiger partial charge in [0.1, 0.15) is 11.3 Å². The summed E-state index contributed by atoms with van der Waals surface area (Å²) in [6, 6.07) is 5.36. The molecule has 0 aliphatic carbocycles. The summed E-state index contributed by atoms with van der Waals surface area (Å²) in [7, 11) is 0. The lowest BCUT2D eigenvalue weighted by Crippen LogP contribution is -2.46. The maximum Gasteiger partial charge on any atom is 0.257 e. The first kappa shape index (κ1) is 15.6. The van der Waals surface area contributed by atoms with Crippen molar-refractivity contribution in [3.05, 3.63) is 23.8 Å². The Labute approximate surface area is 125 Å². The summed E-state index contributed by atoms with van der Waals surface area (Å²) >= 11 is 0. The lowest BCUT2D eigenvalue weighted by atomic mass is 9.93. The molecule has 2 rings (SSSR count). The minimum atomic E-state index is -0.207. The van der Waals surface area contributed by atoms with E-state index < -0.39 is 0 Å². The van der Waals surface area contributed by atoms with Crippen molar-refractivity contribution in [3.63, 3.8) is 0 Å². The van der Waals surface area contributed by atoms with Gasteiger partial charge in [-0.25, -0.2) is 0 Å². The van der Waals surface area contributed by atoms with Gasteiger partial charge in [-0.2, -0.15) is 0 Å². The summed E-state index contributed by atoms with van der Waals surface area (Å²) in [6.07, 6.45) is 1.60. The van der Waals surface area contributed by atoms with Gasteiger partial charge >= 0.3 is 0 Å². The molecule has 1 heterocycles. The van der Waals surface area contributed by atoms with Gasteiger partial charge in [-0.3, -0.25) is 4.79 Å². The molecule has 0 aromatic heterocycles. The zero-order valence-corrected chi connectivity index (χ0v) is 12.9. The fraction of sp³-hybridized carbons (Fsp3) is 0.562. The average molecular weight is 292 g/mol. The van der Waals surface area contributed by atoms with Crippen molar-refractivity contribution in [2.75, 3.05) is 18.9 Å². The number of carbonyl (C=O) groups excluding carboxylic acids is 1. The van der Waals surface area contributed by atoms with Crippen molar-refractivity contribution in [1.29, 1.82) is 0 Å². The van der Waals surface area contributed by atoms with Gasteiger partial charge in [0.2, 0.25) is 0 Å². The lowest BCUT2D eigenvalue weighted by Gasteiger charge is -2.35. The third-order valence-electron chi connectivity index (χ3n) is 3.62. The Morgan fingerprint density at radius 3 is 2.95 bits per heavy atom. The number of benzene rings is 1. The predicted octanol–water partition coefficient (Wildman–Crippen LogP) is 2.35. The Hall–Kier alpha value is -1.75. The number of amides is 1. The second kappa shape index (κ2) is 6.35. The summed E-state index contributed by atoms with van der Waals surface area (Å²) in [4.78, 5) is 12.5. The van der Waals surface area contributed by atoms with E-state index in [9.17, 15) is 4.79 Å². The van der Waals surface area contributed by atoms with Crippen molar-refractivity contribution in [2.45, 2.75) is 45.3 Å². The number of hydrogen-bond acceptors (Lipinski definition) is 4.